The molecule has 0 amide bonds. The average molecular weight is 361 g/mol. The molecule has 0 aliphatic carbocycles. The van der Waals surface area contributed by atoms with E-state index < -0.39 is 8.32 Å². The first kappa shape index (κ1) is 18.8. The fourth-order valence-electron chi connectivity index (χ4n) is 3.30. The number of hydrogen-bond donors (Lipinski definition) is 0. The van der Waals surface area contributed by atoms with E-state index in [0.717, 1.165) is 6.42 Å². The van der Waals surface area contributed by atoms with Crippen LogP contribution >= 0.6 is 0 Å². The molecule has 25 heavy (non-hydrogen) atoms. The first-order valence-corrected chi connectivity index (χ1v) is 12.3. The normalized spacial score (nSPS) is 30.5. The average Bonchev–Trinajstić information content (AvgIpc) is 2.93. The van der Waals surface area contributed by atoms with E-state index in [1.54, 1.807) is 0 Å². The van der Waals surface area contributed by atoms with Gasteiger partial charge in [0.15, 0.2) is 8.32 Å². The minimum absolute atomic E-state index is 0.000296. The summed E-state index contributed by atoms with van der Waals surface area (Å²) in [6.45, 7) is 13.6. The predicted octanol–water partition coefficient (Wildman–Crippen LogP) is 5.25. The summed E-state index contributed by atoms with van der Waals surface area (Å²) >= 11 is 0. The van der Waals surface area contributed by atoms with Gasteiger partial charge in [-0.2, -0.15) is 0 Å². The minimum Gasteiger partial charge on any atom is -0.411 e. The Morgan fingerprint density at radius 3 is 2.44 bits per heavy atom. The molecule has 1 fully saturated rings. The van der Waals surface area contributed by atoms with Crippen LogP contribution in [0.25, 0.3) is 0 Å². The Bertz CT molecular complexity index is 605. The zero-order valence-corrected chi connectivity index (χ0v) is 17.4. The fraction of sp³-hybridized carbons (Fsp3) is 0.619. The number of fused-ring (bicyclic) bond motifs is 2. The lowest BCUT2D eigenvalue weighted by atomic mass is 10.0. The van der Waals surface area contributed by atoms with Crippen molar-refractivity contribution in [2.24, 2.45) is 0 Å². The summed E-state index contributed by atoms with van der Waals surface area (Å²) in [5.74, 6) is 0. The molecular formula is C21H32O3Si. The molecule has 0 aromatic heterocycles. The zero-order chi connectivity index (χ0) is 18.2. The van der Waals surface area contributed by atoms with E-state index >= 15 is 0 Å². The first-order valence-electron chi connectivity index (χ1n) is 9.39. The summed E-state index contributed by atoms with van der Waals surface area (Å²) in [7, 11) is -1.86. The Kier molecular flexibility index (Phi) is 5.27. The second-order valence-electron chi connectivity index (χ2n) is 8.83. The van der Waals surface area contributed by atoms with Crippen LogP contribution in [-0.2, 0) is 13.9 Å². The van der Waals surface area contributed by atoms with Gasteiger partial charge in [0.2, 0.25) is 0 Å². The van der Waals surface area contributed by atoms with Gasteiger partial charge in [-0.25, -0.2) is 0 Å². The zero-order valence-electron chi connectivity index (χ0n) is 16.4. The summed E-state index contributed by atoms with van der Waals surface area (Å²) < 4.78 is 19.3. The van der Waals surface area contributed by atoms with Gasteiger partial charge in [0, 0.05) is 6.42 Å². The van der Waals surface area contributed by atoms with Crippen molar-refractivity contribution < 1.29 is 13.9 Å². The molecule has 2 heterocycles. The van der Waals surface area contributed by atoms with Gasteiger partial charge in [-0.1, -0.05) is 63.3 Å². The Hall–Kier alpha value is -0.943. The highest BCUT2D eigenvalue weighted by Crippen LogP contribution is 2.41. The van der Waals surface area contributed by atoms with Crippen molar-refractivity contribution in [2.45, 2.75) is 82.8 Å². The van der Waals surface area contributed by atoms with Crippen LogP contribution in [0.1, 0.15) is 45.8 Å². The molecule has 4 heteroatoms. The van der Waals surface area contributed by atoms with Gasteiger partial charge < -0.3 is 13.9 Å². The van der Waals surface area contributed by atoms with Crippen LogP contribution in [0.3, 0.4) is 0 Å². The van der Waals surface area contributed by atoms with Crippen LogP contribution in [0.5, 0.6) is 0 Å². The molecular weight excluding hydrogens is 328 g/mol. The molecule has 2 aliphatic rings. The van der Waals surface area contributed by atoms with Gasteiger partial charge in [-0.05, 0) is 30.6 Å². The Morgan fingerprint density at radius 2 is 1.80 bits per heavy atom. The molecule has 0 spiro atoms. The second kappa shape index (κ2) is 6.99. The van der Waals surface area contributed by atoms with Crippen molar-refractivity contribution in [2.75, 3.05) is 0 Å². The van der Waals surface area contributed by atoms with Gasteiger partial charge in [-0.15, -0.1) is 0 Å². The van der Waals surface area contributed by atoms with E-state index in [4.69, 9.17) is 13.9 Å². The van der Waals surface area contributed by atoms with Crippen LogP contribution in [0.2, 0.25) is 18.1 Å². The number of benzene rings is 1. The maximum absolute atomic E-state index is 6.77. The molecule has 0 N–H and O–H groups in total. The molecule has 0 saturated carbocycles. The summed E-state index contributed by atoms with van der Waals surface area (Å²) in [4.78, 5) is 0. The molecule has 1 aromatic rings. The van der Waals surface area contributed by atoms with Crippen molar-refractivity contribution in [1.29, 1.82) is 0 Å². The Labute approximate surface area is 153 Å². The van der Waals surface area contributed by atoms with E-state index in [2.05, 4.69) is 77.2 Å². The molecule has 138 valence electrons. The smallest absolute Gasteiger partial charge is 0.192 e. The third-order valence-corrected chi connectivity index (χ3v) is 10.4. The summed E-state index contributed by atoms with van der Waals surface area (Å²) in [6.07, 6.45) is 5.43. The fourth-order valence-corrected chi connectivity index (χ4v) is 4.64. The Morgan fingerprint density at radius 1 is 1.12 bits per heavy atom. The SMILES string of the molecule is C[C@H](O[C@H]1[C@H]2C=C[C@@H](C[C@H]1O[Si](C)(C)C(C)(C)C)O2)c1ccccc1. The quantitative estimate of drug-likeness (QED) is 0.530. The third kappa shape index (κ3) is 4.08. The highest BCUT2D eigenvalue weighted by molar-refractivity contribution is 6.74. The van der Waals surface area contributed by atoms with Gasteiger partial charge in [0.25, 0.3) is 0 Å². The maximum Gasteiger partial charge on any atom is 0.192 e. The topological polar surface area (TPSA) is 27.7 Å². The lowest BCUT2D eigenvalue weighted by molar-refractivity contribution is -0.166. The van der Waals surface area contributed by atoms with Gasteiger partial charge in [0.1, 0.15) is 12.2 Å². The molecule has 2 bridgehead atoms. The molecule has 1 saturated heterocycles. The molecule has 0 unspecified atom stereocenters. The minimum atomic E-state index is -1.86. The van der Waals surface area contributed by atoms with E-state index in [1.165, 1.54) is 5.56 Å². The van der Waals surface area contributed by atoms with Crippen LogP contribution in [0, 0.1) is 0 Å². The number of hydrogen-bond acceptors (Lipinski definition) is 3. The van der Waals surface area contributed by atoms with Crippen molar-refractivity contribution in [3.8, 4) is 0 Å². The molecule has 2 aliphatic heterocycles. The van der Waals surface area contributed by atoms with Gasteiger partial charge in [-0.3, -0.25) is 0 Å². The highest BCUT2D eigenvalue weighted by atomic mass is 28.4. The van der Waals surface area contributed by atoms with Crippen LogP contribution in [0.15, 0.2) is 42.5 Å². The first-order chi connectivity index (χ1) is 11.7. The van der Waals surface area contributed by atoms with E-state index in [0.29, 0.717) is 0 Å². The van der Waals surface area contributed by atoms with Crippen molar-refractivity contribution in [3.63, 3.8) is 0 Å². The largest absolute Gasteiger partial charge is 0.411 e. The highest BCUT2D eigenvalue weighted by Gasteiger charge is 2.47. The van der Waals surface area contributed by atoms with Crippen LogP contribution < -0.4 is 0 Å². The van der Waals surface area contributed by atoms with Crippen LogP contribution in [-0.4, -0.2) is 32.7 Å². The monoisotopic (exact) mass is 360 g/mol. The lowest BCUT2D eigenvalue weighted by Crippen LogP contribution is -2.53. The maximum atomic E-state index is 6.77. The molecule has 0 radical (unpaired) electrons. The van der Waals surface area contributed by atoms with E-state index in [1.807, 2.05) is 6.07 Å². The molecule has 5 atom stereocenters. The number of rotatable bonds is 5. The molecule has 3 rings (SSSR count). The van der Waals surface area contributed by atoms with Gasteiger partial charge in [0.05, 0.1) is 18.3 Å². The van der Waals surface area contributed by atoms with Gasteiger partial charge >= 0.3 is 0 Å². The standard InChI is InChI=1S/C21H32O3Si/c1-15(16-10-8-7-9-11-16)22-20-18-13-12-17(23-18)14-19(20)24-25(5,6)21(2,3)4/h7-13,15,17-20H,14H2,1-6H3/t15-,17-,18+,19+,20-/m0/s1. The third-order valence-electron chi connectivity index (χ3n) is 5.88. The Balaban J connectivity index is 1.77. The summed E-state index contributed by atoms with van der Waals surface area (Å²) in [5, 5.41) is 0.188. The van der Waals surface area contributed by atoms with Crippen molar-refractivity contribution >= 4 is 8.32 Å². The van der Waals surface area contributed by atoms with E-state index in [9.17, 15) is 0 Å². The molecule has 3 nitrogen and oxygen atoms in total. The summed E-state index contributed by atoms with van der Waals surface area (Å²) in [6, 6.07) is 10.4. The summed E-state index contributed by atoms with van der Waals surface area (Å²) in [5.41, 5.74) is 1.19. The number of ether oxygens (including phenoxy) is 2. The van der Waals surface area contributed by atoms with Crippen molar-refractivity contribution in [1.82, 2.24) is 0 Å². The molecule has 1 aromatic carbocycles. The van der Waals surface area contributed by atoms with Crippen molar-refractivity contribution in [3.05, 3.63) is 48.0 Å². The van der Waals surface area contributed by atoms with E-state index in [-0.39, 0.29) is 35.6 Å². The second-order valence-corrected chi connectivity index (χ2v) is 13.6. The van der Waals surface area contributed by atoms with Crippen LogP contribution in [0.4, 0.5) is 0 Å². The predicted molar refractivity (Wildman–Crippen MR) is 104 cm³/mol. The lowest BCUT2D eigenvalue weighted by Gasteiger charge is -2.45.